The SMILES string of the molecule is O=C1CCc2cc(OCCCC(=O)N3CCC[C@H]3C(=O)O)ccc2N1. The maximum atomic E-state index is 12.2. The normalized spacial score (nSPS) is 19.3. The number of anilines is 1. The average molecular weight is 346 g/mol. The van der Waals surface area contributed by atoms with Gasteiger partial charge in [-0.05, 0) is 49.4 Å². The van der Waals surface area contributed by atoms with E-state index in [1.54, 1.807) is 6.07 Å². The number of carbonyl (C=O) groups is 3. The smallest absolute Gasteiger partial charge is 0.326 e. The Morgan fingerprint density at radius 1 is 1.32 bits per heavy atom. The molecule has 1 atom stereocenters. The summed E-state index contributed by atoms with van der Waals surface area (Å²) in [6.45, 7) is 0.912. The van der Waals surface area contributed by atoms with Crippen LogP contribution in [0.3, 0.4) is 0 Å². The first-order valence-corrected chi connectivity index (χ1v) is 8.62. The topological polar surface area (TPSA) is 95.9 Å². The predicted octanol–water partition coefficient (Wildman–Crippen LogP) is 1.81. The van der Waals surface area contributed by atoms with E-state index in [1.165, 1.54) is 4.90 Å². The summed E-state index contributed by atoms with van der Waals surface area (Å²) in [7, 11) is 0. The number of amides is 2. The summed E-state index contributed by atoms with van der Waals surface area (Å²) in [6.07, 6.45) is 3.27. The van der Waals surface area contributed by atoms with E-state index in [-0.39, 0.29) is 18.2 Å². The van der Waals surface area contributed by atoms with Crippen LogP contribution in [-0.4, -0.2) is 47.0 Å². The van der Waals surface area contributed by atoms with E-state index in [0.717, 1.165) is 17.7 Å². The van der Waals surface area contributed by atoms with E-state index in [0.29, 0.717) is 44.6 Å². The van der Waals surface area contributed by atoms with Crippen molar-refractivity contribution in [3.63, 3.8) is 0 Å². The lowest BCUT2D eigenvalue weighted by atomic mass is 10.0. The van der Waals surface area contributed by atoms with Crippen LogP contribution in [0.25, 0.3) is 0 Å². The molecule has 2 heterocycles. The number of fused-ring (bicyclic) bond motifs is 1. The van der Waals surface area contributed by atoms with Crippen LogP contribution in [-0.2, 0) is 20.8 Å². The Kier molecular flexibility index (Phi) is 5.21. The lowest BCUT2D eigenvalue weighted by molar-refractivity contribution is -0.148. The molecule has 3 rings (SSSR count). The molecule has 1 fully saturated rings. The van der Waals surface area contributed by atoms with Crippen LogP contribution in [0, 0.1) is 0 Å². The Morgan fingerprint density at radius 2 is 2.16 bits per heavy atom. The summed E-state index contributed by atoms with van der Waals surface area (Å²) in [5, 5.41) is 11.9. The molecule has 7 nitrogen and oxygen atoms in total. The minimum absolute atomic E-state index is 0.0289. The van der Waals surface area contributed by atoms with Crippen LogP contribution in [0.2, 0.25) is 0 Å². The number of carbonyl (C=O) groups excluding carboxylic acids is 2. The Bertz CT molecular complexity index is 688. The van der Waals surface area contributed by atoms with Crippen molar-refractivity contribution in [2.45, 2.75) is 44.6 Å². The minimum Gasteiger partial charge on any atom is -0.494 e. The van der Waals surface area contributed by atoms with Crippen molar-refractivity contribution in [1.29, 1.82) is 0 Å². The van der Waals surface area contributed by atoms with Crippen LogP contribution in [0.15, 0.2) is 18.2 Å². The van der Waals surface area contributed by atoms with Gasteiger partial charge in [0.2, 0.25) is 11.8 Å². The third kappa shape index (κ3) is 4.10. The number of aryl methyl sites for hydroxylation is 1. The molecule has 2 N–H and O–H groups in total. The van der Waals surface area contributed by atoms with E-state index >= 15 is 0 Å². The highest BCUT2D eigenvalue weighted by atomic mass is 16.5. The van der Waals surface area contributed by atoms with Gasteiger partial charge in [-0.25, -0.2) is 4.79 Å². The molecule has 0 unspecified atom stereocenters. The first kappa shape index (κ1) is 17.3. The van der Waals surface area contributed by atoms with Crippen molar-refractivity contribution >= 4 is 23.5 Å². The first-order chi connectivity index (χ1) is 12.0. The van der Waals surface area contributed by atoms with Gasteiger partial charge in [-0.1, -0.05) is 0 Å². The Labute approximate surface area is 146 Å². The van der Waals surface area contributed by atoms with Gasteiger partial charge in [0.05, 0.1) is 6.61 Å². The molecule has 2 aliphatic heterocycles. The van der Waals surface area contributed by atoms with Crippen molar-refractivity contribution in [2.24, 2.45) is 0 Å². The molecule has 0 aliphatic carbocycles. The fraction of sp³-hybridized carbons (Fsp3) is 0.500. The van der Waals surface area contributed by atoms with E-state index in [2.05, 4.69) is 5.32 Å². The van der Waals surface area contributed by atoms with Crippen molar-refractivity contribution in [1.82, 2.24) is 4.90 Å². The number of hydrogen-bond donors (Lipinski definition) is 2. The summed E-state index contributed by atoms with van der Waals surface area (Å²) in [5.74, 6) is -0.307. The minimum atomic E-state index is -0.928. The largest absolute Gasteiger partial charge is 0.494 e. The second-order valence-corrected chi connectivity index (χ2v) is 6.40. The summed E-state index contributed by atoms with van der Waals surface area (Å²) >= 11 is 0. The van der Waals surface area contributed by atoms with Crippen molar-refractivity contribution in [2.75, 3.05) is 18.5 Å². The van der Waals surface area contributed by atoms with Gasteiger partial charge in [0, 0.05) is 25.1 Å². The number of hydrogen-bond acceptors (Lipinski definition) is 4. The number of rotatable bonds is 6. The van der Waals surface area contributed by atoms with E-state index in [4.69, 9.17) is 9.84 Å². The van der Waals surface area contributed by atoms with Crippen LogP contribution in [0.5, 0.6) is 5.75 Å². The molecular weight excluding hydrogens is 324 g/mol. The molecule has 25 heavy (non-hydrogen) atoms. The Morgan fingerprint density at radius 3 is 2.96 bits per heavy atom. The van der Waals surface area contributed by atoms with Crippen LogP contribution in [0.1, 0.15) is 37.7 Å². The maximum absolute atomic E-state index is 12.2. The predicted molar refractivity (Wildman–Crippen MR) is 90.5 cm³/mol. The van der Waals surface area contributed by atoms with Gasteiger partial charge < -0.3 is 20.1 Å². The molecule has 7 heteroatoms. The lowest BCUT2D eigenvalue weighted by Gasteiger charge is -2.21. The zero-order valence-corrected chi connectivity index (χ0v) is 14.0. The zero-order valence-electron chi connectivity index (χ0n) is 14.0. The zero-order chi connectivity index (χ0) is 17.8. The number of nitrogens with one attached hydrogen (secondary N) is 1. The molecule has 1 saturated heterocycles. The summed E-state index contributed by atoms with van der Waals surface area (Å²) in [6, 6.07) is 4.86. The maximum Gasteiger partial charge on any atom is 0.326 e. The monoisotopic (exact) mass is 346 g/mol. The Balaban J connectivity index is 1.45. The van der Waals surface area contributed by atoms with E-state index in [9.17, 15) is 14.4 Å². The van der Waals surface area contributed by atoms with Crippen molar-refractivity contribution in [3.8, 4) is 5.75 Å². The van der Waals surface area contributed by atoms with Gasteiger partial charge in [0.15, 0.2) is 0 Å². The van der Waals surface area contributed by atoms with Crippen molar-refractivity contribution < 1.29 is 24.2 Å². The molecule has 0 spiro atoms. The summed E-state index contributed by atoms with van der Waals surface area (Å²) in [4.78, 5) is 36.1. The standard InChI is InChI=1S/C18H22N2O5/c21-16-8-5-12-11-13(6-7-14(12)19-16)25-10-2-4-17(22)20-9-1-3-15(20)18(23)24/h6-7,11,15H,1-5,8-10H2,(H,19,21)(H,23,24)/t15-/m0/s1. The number of likely N-dealkylation sites (tertiary alicyclic amines) is 1. The van der Waals surface area contributed by atoms with Crippen LogP contribution >= 0.6 is 0 Å². The van der Waals surface area contributed by atoms with E-state index < -0.39 is 12.0 Å². The molecule has 0 aromatic heterocycles. The third-order valence-corrected chi connectivity index (χ3v) is 4.63. The van der Waals surface area contributed by atoms with Gasteiger partial charge in [-0.15, -0.1) is 0 Å². The number of ether oxygens (including phenoxy) is 1. The molecule has 0 saturated carbocycles. The van der Waals surface area contributed by atoms with Gasteiger partial charge >= 0.3 is 5.97 Å². The van der Waals surface area contributed by atoms with Gasteiger partial charge in [-0.2, -0.15) is 0 Å². The molecule has 0 radical (unpaired) electrons. The number of aliphatic carboxylic acids is 1. The number of nitrogens with zero attached hydrogens (tertiary/aromatic N) is 1. The molecule has 134 valence electrons. The highest BCUT2D eigenvalue weighted by Gasteiger charge is 2.33. The molecule has 2 aliphatic rings. The van der Waals surface area contributed by atoms with Gasteiger partial charge in [0.25, 0.3) is 0 Å². The molecule has 1 aromatic rings. The summed E-state index contributed by atoms with van der Waals surface area (Å²) in [5.41, 5.74) is 1.88. The number of carboxylic acid groups (broad SMARTS) is 1. The lowest BCUT2D eigenvalue weighted by Crippen LogP contribution is -2.40. The van der Waals surface area contributed by atoms with Gasteiger partial charge in [0.1, 0.15) is 11.8 Å². The second kappa shape index (κ2) is 7.55. The highest BCUT2D eigenvalue weighted by Crippen LogP contribution is 2.27. The van der Waals surface area contributed by atoms with Gasteiger partial charge in [-0.3, -0.25) is 9.59 Å². The average Bonchev–Trinajstić information content (AvgIpc) is 3.08. The second-order valence-electron chi connectivity index (χ2n) is 6.40. The fourth-order valence-electron chi connectivity index (χ4n) is 3.33. The van der Waals surface area contributed by atoms with Crippen molar-refractivity contribution in [3.05, 3.63) is 23.8 Å². The molecule has 0 bridgehead atoms. The molecule has 1 aromatic carbocycles. The molecule has 2 amide bonds. The Hall–Kier alpha value is -2.57. The number of benzene rings is 1. The fourth-order valence-corrected chi connectivity index (χ4v) is 3.33. The number of carboxylic acids is 1. The first-order valence-electron chi connectivity index (χ1n) is 8.62. The molecular formula is C18H22N2O5. The van der Waals surface area contributed by atoms with E-state index in [1.807, 2.05) is 12.1 Å². The quantitative estimate of drug-likeness (QED) is 0.766. The third-order valence-electron chi connectivity index (χ3n) is 4.63. The van der Waals surface area contributed by atoms with Crippen LogP contribution in [0.4, 0.5) is 5.69 Å². The van der Waals surface area contributed by atoms with Crippen LogP contribution < -0.4 is 10.1 Å². The summed E-state index contributed by atoms with van der Waals surface area (Å²) < 4.78 is 5.69. The highest BCUT2D eigenvalue weighted by molar-refractivity contribution is 5.94.